The van der Waals surface area contributed by atoms with E-state index in [0.29, 0.717) is 10.8 Å². The highest BCUT2D eigenvalue weighted by Crippen LogP contribution is 2.35. The molecule has 0 N–H and O–H groups in total. The van der Waals surface area contributed by atoms with E-state index in [2.05, 4.69) is 20.9 Å². The minimum Gasteiger partial charge on any atom is -0.429 e. The van der Waals surface area contributed by atoms with Crippen LogP contribution in [0.3, 0.4) is 0 Å². The SMILES string of the molecule is O=[N+]([O-])c1cnc(Oc2cc(Br)ccc2Cl)s1. The van der Waals surface area contributed by atoms with Gasteiger partial charge in [-0.3, -0.25) is 10.1 Å². The molecular weight excluding hydrogens is 332 g/mol. The van der Waals surface area contributed by atoms with Gasteiger partial charge in [0.05, 0.1) is 9.95 Å². The molecule has 0 spiro atoms. The summed E-state index contributed by atoms with van der Waals surface area (Å²) in [7, 11) is 0. The predicted octanol–water partition coefficient (Wildman–Crippen LogP) is 4.26. The minimum atomic E-state index is -0.521. The van der Waals surface area contributed by atoms with Crippen LogP contribution in [-0.4, -0.2) is 9.91 Å². The lowest BCUT2D eigenvalue weighted by Crippen LogP contribution is -1.83. The van der Waals surface area contributed by atoms with Gasteiger partial charge < -0.3 is 4.74 Å². The van der Waals surface area contributed by atoms with Gasteiger partial charge in [0, 0.05) is 4.47 Å². The first-order valence-electron chi connectivity index (χ1n) is 4.29. The maximum absolute atomic E-state index is 10.5. The van der Waals surface area contributed by atoms with Crippen molar-refractivity contribution in [1.29, 1.82) is 0 Å². The number of aromatic nitrogens is 1. The van der Waals surface area contributed by atoms with Crippen LogP contribution in [0.1, 0.15) is 0 Å². The minimum absolute atomic E-state index is 0.0777. The van der Waals surface area contributed by atoms with Crippen molar-refractivity contribution in [3.05, 3.63) is 44.0 Å². The summed E-state index contributed by atoms with van der Waals surface area (Å²) in [6, 6.07) is 5.08. The van der Waals surface area contributed by atoms with E-state index in [9.17, 15) is 10.1 Å². The molecule has 17 heavy (non-hydrogen) atoms. The van der Waals surface area contributed by atoms with Crippen molar-refractivity contribution in [3.63, 3.8) is 0 Å². The average Bonchev–Trinajstić information content (AvgIpc) is 2.72. The van der Waals surface area contributed by atoms with Gasteiger partial charge in [0.2, 0.25) is 0 Å². The summed E-state index contributed by atoms with van der Waals surface area (Å²) in [5, 5.41) is 11.0. The molecule has 0 aliphatic carbocycles. The topological polar surface area (TPSA) is 65.3 Å². The van der Waals surface area contributed by atoms with Crippen LogP contribution in [0.15, 0.2) is 28.9 Å². The van der Waals surface area contributed by atoms with E-state index in [1.807, 2.05) is 0 Å². The Morgan fingerprint density at radius 3 is 2.94 bits per heavy atom. The molecule has 0 saturated heterocycles. The number of nitro groups is 1. The molecule has 88 valence electrons. The van der Waals surface area contributed by atoms with Crippen molar-refractivity contribution in [2.75, 3.05) is 0 Å². The molecule has 0 amide bonds. The van der Waals surface area contributed by atoms with Crippen molar-refractivity contribution in [2.24, 2.45) is 0 Å². The third-order valence-electron chi connectivity index (χ3n) is 1.74. The summed E-state index contributed by atoms with van der Waals surface area (Å²) < 4.78 is 6.16. The maximum atomic E-state index is 10.5. The van der Waals surface area contributed by atoms with Crippen LogP contribution >= 0.6 is 38.9 Å². The summed E-state index contributed by atoms with van der Waals surface area (Å²) in [6.07, 6.45) is 1.14. The Morgan fingerprint density at radius 1 is 1.53 bits per heavy atom. The molecule has 0 aliphatic heterocycles. The number of halogens is 2. The molecule has 1 aromatic heterocycles. The lowest BCUT2D eigenvalue weighted by atomic mass is 10.3. The first kappa shape index (κ1) is 12.3. The Hall–Kier alpha value is -1.18. The summed E-state index contributed by atoms with van der Waals surface area (Å²) in [6.45, 7) is 0. The third-order valence-corrected chi connectivity index (χ3v) is 3.38. The maximum Gasteiger partial charge on any atom is 0.347 e. The second-order valence-electron chi connectivity index (χ2n) is 2.90. The van der Waals surface area contributed by atoms with Crippen LogP contribution in [0.4, 0.5) is 5.00 Å². The number of hydrogen-bond donors (Lipinski definition) is 0. The fourth-order valence-electron chi connectivity index (χ4n) is 1.03. The van der Waals surface area contributed by atoms with Gasteiger partial charge in [0.25, 0.3) is 5.19 Å². The molecule has 0 atom stereocenters. The lowest BCUT2D eigenvalue weighted by molar-refractivity contribution is -0.380. The van der Waals surface area contributed by atoms with E-state index in [0.717, 1.165) is 22.0 Å². The van der Waals surface area contributed by atoms with E-state index in [1.165, 1.54) is 0 Å². The van der Waals surface area contributed by atoms with Crippen molar-refractivity contribution < 1.29 is 9.66 Å². The van der Waals surface area contributed by atoms with Crippen molar-refractivity contribution >= 4 is 43.9 Å². The van der Waals surface area contributed by atoms with Crippen LogP contribution in [0.25, 0.3) is 0 Å². The predicted molar refractivity (Wildman–Crippen MR) is 68.0 cm³/mol. The van der Waals surface area contributed by atoms with E-state index < -0.39 is 4.92 Å². The monoisotopic (exact) mass is 334 g/mol. The lowest BCUT2D eigenvalue weighted by Gasteiger charge is -2.03. The van der Waals surface area contributed by atoms with E-state index >= 15 is 0 Å². The summed E-state index contributed by atoms with van der Waals surface area (Å²) in [5.74, 6) is 0.394. The zero-order valence-corrected chi connectivity index (χ0v) is 11.3. The summed E-state index contributed by atoms with van der Waals surface area (Å²) in [5.41, 5.74) is 0. The Kier molecular flexibility index (Phi) is 3.60. The van der Waals surface area contributed by atoms with Gasteiger partial charge in [-0.15, -0.1) is 0 Å². The number of rotatable bonds is 3. The first-order valence-corrected chi connectivity index (χ1v) is 6.28. The molecule has 1 heterocycles. The van der Waals surface area contributed by atoms with E-state index in [-0.39, 0.29) is 10.2 Å². The number of hydrogen-bond acceptors (Lipinski definition) is 5. The Morgan fingerprint density at radius 2 is 2.29 bits per heavy atom. The molecule has 0 bridgehead atoms. The van der Waals surface area contributed by atoms with Gasteiger partial charge in [0.1, 0.15) is 11.9 Å². The summed E-state index contributed by atoms with van der Waals surface area (Å²) in [4.78, 5) is 13.7. The first-order chi connectivity index (χ1) is 8.06. The number of ether oxygens (including phenoxy) is 1. The molecule has 0 aliphatic rings. The smallest absolute Gasteiger partial charge is 0.347 e. The molecule has 0 saturated carbocycles. The normalized spacial score (nSPS) is 10.2. The zero-order valence-electron chi connectivity index (χ0n) is 8.09. The molecule has 5 nitrogen and oxygen atoms in total. The quantitative estimate of drug-likeness (QED) is 0.621. The largest absolute Gasteiger partial charge is 0.429 e. The van der Waals surface area contributed by atoms with Gasteiger partial charge in [-0.2, -0.15) is 0 Å². The molecule has 2 rings (SSSR count). The molecule has 1 aromatic carbocycles. The fraction of sp³-hybridized carbons (Fsp3) is 0. The van der Waals surface area contributed by atoms with Gasteiger partial charge in [-0.1, -0.05) is 27.5 Å². The Labute approximate surface area is 113 Å². The molecule has 0 fully saturated rings. The number of nitrogens with zero attached hydrogens (tertiary/aromatic N) is 2. The van der Waals surface area contributed by atoms with Gasteiger partial charge >= 0.3 is 5.00 Å². The number of benzene rings is 1. The van der Waals surface area contributed by atoms with Crippen molar-refractivity contribution in [1.82, 2.24) is 4.98 Å². The third kappa shape index (κ3) is 2.93. The zero-order chi connectivity index (χ0) is 12.4. The Bertz CT molecular complexity index is 575. The van der Waals surface area contributed by atoms with Crippen LogP contribution in [0.2, 0.25) is 5.02 Å². The highest BCUT2D eigenvalue weighted by molar-refractivity contribution is 9.10. The van der Waals surface area contributed by atoms with Crippen molar-refractivity contribution in [3.8, 4) is 10.9 Å². The second kappa shape index (κ2) is 4.99. The van der Waals surface area contributed by atoms with Gasteiger partial charge in [-0.25, -0.2) is 4.98 Å². The molecular formula is C9H4BrClN2O3S. The second-order valence-corrected chi connectivity index (χ2v) is 5.19. The molecule has 0 unspecified atom stereocenters. The van der Waals surface area contributed by atoms with E-state index in [1.54, 1.807) is 18.2 Å². The highest BCUT2D eigenvalue weighted by Gasteiger charge is 2.14. The molecule has 2 aromatic rings. The van der Waals surface area contributed by atoms with E-state index in [4.69, 9.17) is 16.3 Å². The molecule has 8 heteroatoms. The Balaban J connectivity index is 2.25. The van der Waals surface area contributed by atoms with Crippen LogP contribution < -0.4 is 4.74 Å². The fourth-order valence-corrected chi connectivity index (χ4v) is 2.12. The van der Waals surface area contributed by atoms with Crippen molar-refractivity contribution in [2.45, 2.75) is 0 Å². The standard InChI is InChI=1S/C9H4BrClN2O3S/c10-5-1-2-6(11)7(3-5)16-9-12-4-8(17-9)13(14)15/h1-4H. The van der Waals surface area contributed by atoms with Crippen LogP contribution in [-0.2, 0) is 0 Å². The average molecular weight is 336 g/mol. The van der Waals surface area contributed by atoms with Crippen LogP contribution in [0, 0.1) is 10.1 Å². The molecule has 0 radical (unpaired) electrons. The van der Waals surface area contributed by atoms with Crippen LogP contribution in [0.5, 0.6) is 10.9 Å². The summed E-state index contributed by atoms with van der Waals surface area (Å²) >= 11 is 10.0. The van der Waals surface area contributed by atoms with Gasteiger partial charge in [0.15, 0.2) is 0 Å². The number of thiazole rings is 1. The highest BCUT2D eigenvalue weighted by atomic mass is 79.9. The van der Waals surface area contributed by atoms with Gasteiger partial charge in [-0.05, 0) is 29.5 Å².